The summed E-state index contributed by atoms with van der Waals surface area (Å²) in [6.45, 7) is 0.00533. The van der Waals surface area contributed by atoms with Crippen LogP contribution in [0.5, 0.6) is 0 Å². The van der Waals surface area contributed by atoms with Gasteiger partial charge in [-0.2, -0.15) is 0 Å². The number of likely N-dealkylation sites (N-methyl/N-ethyl adjacent to an activating group) is 4. The molecule has 59 heavy (non-hydrogen) atoms. The van der Waals surface area contributed by atoms with Crippen molar-refractivity contribution in [2.24, 2.45) is 0 Å². The predicted molar refractivity (Wildman–Crippen MR) is 226 cm³/mol. The van der Waals surface area contributed by atoms with E-state index in [1.165, 1.54) is 47.8 Å². The van der Waals surface area contributed by atoms with Gasteiger partial charge in [-0.25, -0.2) is 9.59 Å². The highest BCUT2D eigenvalue weighted by atomic mass is 16.6. The molecule has 0 aliphatic rings. The van der Waals surface area contributed by atoms with Gasteiger partial charge in [-0.1, -0.05) is 152 Å². The molecule has 0 aliphatic heterocycles. The zero-order valence-electron chi connectivity index (χ0n) is 34.0. The Balaban J connectivity index is 1.48. The molecule has 0 fully saturated rings. The molecule has 5 aromatic carbocycles. The molecule has 1 N–H and O–H groups in total. The first kappa shape index (κ1) is 43.4. The summed E-state index contributed by atoms with van der Waals surface area (Å²) < 4.78 is 5.65. The number of carbonyl (C=O) groups is 5. The molecule has 0 heterocycles. The maximum atomic E-state index is 15.0. The van der Waals surface area contributed by atoms with E-state index in [0.29, 0.717) is 0 Å². The summed E-state index contributed by atoms with van der Waals surface area (Å²) in [5.74, 6) is -2.79. The third kappa shape index (κ3) is 11.9. The molecule has 0 saturated heterocycles. The van der Waals surface area contributed by atoms with Crippen LogP contribution in [-0.4, -0.2) is 107 Å². The zero-order chi connectivity index (χ0) is 42.3. The highest BCUT2D eigenvalue weighted by Gasteiger charge is 2.41. The number of aliphatic carboxylic acids is 1. The minimum atomic E-state index is -1.22. The number of benzene rings is 5. The third-order valence-corrected chi connectivity index (χ3v) is 10.6. The van der Waals surface area contributed by atoms with Gasteiger partial charge in [0.05, 0.1) is 0 Å². The van der Waals surface area contributed by atoms with Crippen LogP contribution in [0.25, 0.3) is 0 Å². The van der Waals surface area contributed by atoms with Gasteiger partial charge in [0.15, 0.2) is 0 Å². The number of carboxylic acid groups (broad SMARTS) is 1. The minimum absolute atomic E-state index is 0.00533. The van der Waals surface area contributed by atoms with Crippen molar-refractivity contribution in [1.82, 2.24) is 19.6 Å². The Hall–Kier alpha value is -6.75. The molecule has 5 aromatic rings. The number of hydrogen-bond acceptors (Lipinski definition) is 6. The normalized spacial score (nSPS) is 12.9. The third-order valence-electron chi connectivity index (χ3n) is 10.6. The van der Waals surface area contributed by atoms with Gasteiger partial charge >= 0.3 is 12.1 Å². The van der Waals surface area contributed by atoms with Gasteiger partial charge in [0, 0.05) is 53.9 Å². The predicted octanol–water partition coefficient (Wildman–Crippen LogP) is 6.16. The average Bonchev–Trinajstić information content (AvgIpc) is 3.27. The van der Waals surface area contributed by atoms with Crippen molar-refractivity contribution in [1.29, 1.82) is 0 Å². The van der Waals surface area contributed by atoms with Crippen LogP contribution in [0.2, 0.25) is 0 Å². The van der Waals surface area contributed by atoms with Crippen molar-refractivity contribution in [2.75, 3.05) is 28.2 Å². The second-order valence-electron chi connectivity index (χ2n) is 14.7. The van der Waals surface area contributed by atoms with Crippen LogP contribution < -0.4 is 0 Å². The maximum Gasteiger partial charge on any atom is 0.410 e. The Morgan fingerprint density at radius 2 is 0.661 bits per heavy atom. The lowest BCUT2D eigenvalue weighted by molar-refractivity contribution is -0.155. The molecule has 0 saturated carbocycles. The van der Waals surface area contributed by atoms with Gasteiger partial charge in [-0.3, -0.25) is 19.3 Å². The van der Waals surface area contributed by atoms with E-state index in [1.54, 1.807) is 24.3 Å². The first-order chi connectivity index (χ1) is 28.4. The number of amides is 4. The fraction of sp³-hybridized carbons (Fsp3) is 0.271. The van der Waals surface area contributed by atoms with E-state index in [2.05, 4.69) is 0 Å². The zero-order valence-corrected chi connectivity index (χ0v) is 34.0. The number of rotatable bonds is 18. The molecule has 11 heteroatoms. The van der Waals surface area contributed by atoms with Gasteiger partial charge in [0.2, 0.25) is 17.7 Å². The van der Waals surface area contributed by atoms with Gasteiger partial charge in [0.1, 0.15) is 30.8 Å². The number of carbonyl (C=O) groups excluding carboxylic acids is 4. The van der Waals surface area contributed by atoms with Crippen LogP contribution in [0.1, 0.15) is 27.8 Å². The Bertz CT molecular complexity index is 2120. The standard InChI is InChI=1S/C48H52N4O7/c1-49(41(31-36-22-12-6-13-23-36)45(54)51(3)43(47(56)57)33-38-26-16-8-17-27-38)44(53)40(30-35-20-10-5-11-21-35)50(2)46(55)42(32-37-24-14-7-15-25-37)52(4)48(58)59-34-39-28-18-9-19-29-39/h5-29,40-43H,30-34H2,1-4H3,(H,56,57)/t40-,41-,42-,43-/m0/s1. The Morgan fingerprint density at radius 1 is 0.407 bits per heavy atom. The molecule has 0 radical (unpaired) electrons. The van der Waals surface area contributed by atoms with Crippen LogP contribution in [-0.2, 0) is 56.2 Å². The minimum Gasteiger partial charge on any atom is -0.480 e. The summed E-state index contributed by atoms with van der Waals surface area (Å²) >= 11 is 0. The molecule has 0 unspecified atom stereocenters. The highest BCUT2D eigenvalue weighted by Crippen LogP contribution is 2.21. The van der Waals surface area contributed by atoms with E-state index < -0.39 is 54.0 Å². The van der Waals surface area contributed by atoms with E-state index >= 15 is 4.79 Å². The monoisotopic (exact) mass is 796 g/mol. The Morgan fingerprint density at radius 3 is 0.966 bits per heavy atom. The second kappa shape index (κ2) is 21.1. The van der Waals surface area contributed by atoms with Crippen LogP contribution in [0.3, 0.4) is 0 Å². The van der Waals surface area contributed by atoms with Gasteiger partial charge in [-0.15, -0.1) is 0 Å². The molecule has 306 valence electrons. The number of nitrogens with zero attached hydrogens (tertiary/aromatic N) is 4. The van der Waals surface area contributed by atoms with Crippen molar-refractivity contribution in [3.63, 3.8) is 0 Å². The number of ether oxygens (including phenoxy) is 1. The molecular formula is C48H52N4O7. The first-order valence-corrected chi connectivity index (χ1v) is 19.6. The SMILES string of the molecule is CN(C(=O)OCc1ccccc1)[C@@H](Cc1ccccc1)C(=O)N(C)[C@@H](Cc1ccccc1)C(=O)N(C)[C@@H](Cc1ccccc1)C(=O)N(C)[C@@H](Cc1ccccc1)C(=O)O. The van der Waals surface area contributed by atoms with Crippen LogP contribution >= 0.6 is 0 Å². The van der Waals surface area contributed by atoms with E-state index in [0.717, 1.165) is 27.8 Å². The molecule has 11 nitrogen and oxygen atoms in total. The summed E-state index contributed by atoms with van der Waals surface area (Å²) in [7, 11) is 5.99. The number of hydrogen-bond donors (Lipinski definition) is 1. The van der Waals surface area contributed by atoms with Crippen LogP contribution in [0.15, 0.2) is 152 Å². The van der Waals surface area contributed by atoms with Gasteiger partial charge in [0.25, 0.3) is 0 Å². The maximum absolute atomic E-state index is 15.0. The van der Waals surface area contributed by atoms with Crippen molar-refractivity contribution in [2.45, 2.75) is 56.5 Å². The quantitative estimate of drug-likeness (QED) is 0.113. The van der Waals surface area contributed by atoms with Crippen LogP contribution in [0.4, 0.5) is 4.79 Å². The summed E-state index contributed by atoms with van der Waals surface area (Å²) in [5, 5.41) is 10.3. The molecular weight excluding hydrogens is 745 g/mol. The number of carboxylic acids is 1. The van der Waals surface area contributed by atoms with E-state index in [-0.39, 0.29) is 32.3 Å². The lowest BCUT2D eigenvalue weighted by atomic mass is 9.97. The van der Waals surface area contributed by atoms with Gasteiger partial charge in [-0.05, 0) is 27.8 Å². The van der Waals surface area contributed by atoms with E-state index in [4.69, 9.17) is 4.74 Å². The topological polar surface area (TPSA) is 128 Å². The van der Waals surface area contributed by atoms with Gasteiger partial charge < -0.3 is 24.5 Å². The van der Waals surface area contributed by atoms with Crippen molar-refractivity contribution in [3.05, 3.63) is 179 Å². The smallest absolute Gasteiger partial charge is 0.410 e. The van der Waals surface area contributed by atoms with Crippen LogP contribution in [0, 0.1) is 0 Å². The first-order valence-electron chi connectivity index (χ1n) is 19.6. The summed E-state index contributed by atoms with van der Waals surface area (Å²) in [4.78, 5) is 75.8. The fourth-order valence-electron chi connectivity index (χ4n) is 7.02. The summed E-state index contributed by atoms with van der Waals surface area (Å²) in [5.41, 5.74) is 3.85. The molecule has 4 atom stereocenters. The molecule has 4 amide bonds. The van der Waals surface area contributed by atoms with E-state index in [9.17, 15) is 24.3 Å². The largest absolute Gasteiger partial charge is 0.480 e. The summed E-state index contributed by atoms with van der Waals surface area (Å²) in [6, 6.07) is 41.4. The van der Waals surface area contributed by atoms with Crippen molar-refractivity contribution < 1.29 is 33.8 Å². The molecule has 0 spiro atoms. The van der Waals surface area contributed by atoms with Crippen molar-refractivity contribution in [3.8, 4) is 0 Å². The second-order valence-corrected chi connectivity index (χ2v) is 14.7. The highest BCUT2D eigenvalue weighted by molar-refractivity contribution is 5.95. The molecule has 5 rings (SSSR count). The van der Waals surface area contributed by atoms with Crippen molar-refractivity contribution >= 4 is 29.8 Å². The fourth-order valence-corrected chi connectivity index (χ4v) is 7.02. The summed E-state index contributed by atoms with van der Waals surface area (Å²) in [6.07, 6.45) is -0.320. The molecule has 0 bridgehead atoms. The lowest BCUT2D eigenvalue weighted by Gasteiger charge is -2.38. The molecule has 0 aliphatic carbocycles. The Labute approximate surface area is 346 Å². The average molecular weight is 797 g/mol. The van der Waals surface area contributed by atoms with E-state index in [1.807, 2.05) is 127 Å². The molecule has 0 aromatic heterocycles. The Kier molecular flexibility index (Phi) is 15.5. The lowest BCUT2D eigenvalue weighted by Crippen LogP contribution is -2.60.